The van der Waals surface area contributed by atoms with Crippen LogP contribution < -0.4 is 0 Å². The summed E-state index contributed by atoms with van der Waals surface area (Å²) >= 11 is 0. The molecule has 6 heavy (non-hydrogen) atoms. The van der Waals surface area contributed by atoms with Crippen molar-refractivity contribution in [1.29, 1.82) is 0 Å². The van der Waals surface area contributed by atoms with Gasteiger partial charge in [-0.05, 0) is 0 Å². The van der Waals surface area contributed by atoms with Crippen molar-refractivity contribution in [2.45, 2.75) is 0 Å². The van der Waals surface area contributed by atoms with Crippen LogP contribution in [0.3, 0.4) is 0 Å². The maximum atomic E-state index is 8.25. The number of hydrogen-bond donors (Lipinski definition) is 0. The van der Waals surface area contributed by atoms with E-state index in [4.69, 9.17) is 15.3 Å². The molecule has 0 fully saturated rings. The van der Waals surface area contributed by atoms with Gasteiger partial charge in [-0.15, -0.1) is 0 Å². The van der Waals surface area contributed by atoms with Crippen molar-refractivity contribution in [2.75, 3.05) is 0 Å². The van der Waals surface area contributed by atoms with Gasteiger partial charge < -0.3 is 20.8 Å². The van der Waals surface area contributed by atoms with Gasteiger partial charge in [-0.3, -0.25) is 0 Å². The zero-order valence-corrected chi connectivity index (χ0v) is 3.55. The van der Waals surface area contributed by atoms with Crippen LogP contribution in [-0.4, -0.2) is 10.6 Å². The van der Waals surface area contributed by atoms with Crippen LogP contribution in [0, 0.1) is 15.3 Å². The third-order valence-electron chi connectivity index (χ3n) is 0. The molecule has 1 radical (unpaired) electrons. The third-order valence-corrected chi connectivity index (χ3v) is 0. The molecule has 0 saturated heterocycles. The van der Waals surface area contributed by atoms with Gasteiger partial charge >= 0.3 is 0 Å². The van der Waals surface area contributed by atoms with Gasteiger partial charge in [0.1, 0.15) is 0 Å². The van der Waals surface area contributed by atoms with E-state index in [2.05, 4.69) is 0 Å². The Morgan fingerprint density at radius 2 is 1.33 bits per heavy atom. The van der Waals surface area contributed by atoms with Gasteiger partial charge in [-0.2, -0.15) is 0 Å². The molecule has 0 atom stereocenters. The molecule has 0 unspecified atom stereocenters. The molecule has 6 heteroatoms. The molecule has 0 aliphatic carbocycles. The molecule has 0 rings (SSSR count). The summed E-state index contributed by atoms with van der Waals surface area (Å²) in [6.07, 6.45) is 0. The predicted octanol–water partition coefficient (Wildman–Crippen LogP) is -1.07. The van der Waals surface area contributed by atoms with Crippen molar-refractivity contribution in [3.05, 3.63) is 15.3 Å². The minimum Gasteiger partial charge on any atom is -0.412 e. The monoisotopic (exact) mass is 139 g/mol. The fourth-order valence-corrected chi connectivity index (χ4v) is 0. The van der Waals surface area contributed by atoms with Crippen molar-refractivity contribution in [2.24, 2.45) is 0 Å². The average Bonchev–Trinajstić information content (AvgIpc) is 0.811. The first-order chi connectivity index (χ1) is 1.73. The fraction of sp³-hybridized carbons (Fsp3) is 0. The Labute approximate surface area is 43.6 Å². The second-order valence-corrected chi connectivity index (χ2v) is 0.224. The van der Waals surface area contributed by atoms with E-state index in [1.54, 1.807) is 0 Å². The van der Waals surface area contributed by atoms with Gasteiger partial charge in [-0.25, -0.2) is 0 Å². The van der Waals surface area contributed by atoms with Crippen molar-refractivity contribution in [3.8, 4) is 0 Å². The quantitative estimate of drug-likeness (QED) is 0.315. The van der Waals surface area contributed by atoms with Crippen LogP contribution in [0.25, 0.3) is 0 Å². The molecule has 0 aliphatic rings. The molecule has 2 N–H and O–H groups in total. The van der Waals surface area contributed by atoms with E-state index < -0.39 is 5.09 Å². The molecule has 0 aromatic rings. The van der Waals surface area contributed by atoms with Gasteiger partial charge in [0.05, 0.1) is 5.09 Å². The minimum atomic E-state index is -1.75. The van der Waals surface area contributed by atoms with Crippen LogP contribution in [0.2, 0.25) is 0 Å². The van der Waals surface area contributed by atoms with E-state index in [0.717, 1.165) is 0 Å². The molecular formula is H2CoNO4-. The van der Waals surface area contributed by atoms with Crippen LogP contribution in [0.15, 0.2) is 0 Å². The van der Waals surface area contributed by atoms with Crippen LogP contribution in [0.4, 0.5) is 0 Å². The van der Waals surface area contributed by atoms with Crippen LogP contribution in [0.1, 0.15) is 0 Å². The van der Waals surface area contributed by atoms with E-state index in [0.29, 0.717) is 0 Å². The maximum absolute atomic E-state index is 8.25. The van der Waals surface area contributed by atoms with Crippen LogP contribution in [-0.2, 0) is 16.8 Å². The third kappa shape index (κ3) is 234. The first-order valence-corrected chi connectivity index (χ1v) is 0.548. The Balaban J connectivity index is -0.0000000450. The first-order valence-electron chi connectivity index (χ1n) is 0.548. The van der Waals surface area contributed by atoms with E-state index >= 15 is 0 Å². The zero-order chi connectivity index (χ0) is 3.58. The van der Waals surface area contributed by atoms with Gasteiger partial charge in [0.15, 0.2) is 0 Å². The molecule has 0 aromatic heterocycles. The van der Waals surface area contributed by atoms with Crippen molar-refractivity contribution < 1.29 is 27.3 Å². The molecule has 0 spiro atoms. The second-order valence-electron chi connectivity index (χ2n) is 0.224. The Morgan fingerprint density at radius 1 is 1.33 bits per heavy atom. The van der Waals surface area contributed by atoms with Crippen LogP contribution >= 0.6 is 0 Å². The predicted molar refractivity (Wildman–Crippen MR) is 14.0 cm³/mol. The summed E-state index contributed by atoms with van der Waals surface area (Å²) in [6, 6.07) is 0. The van der Waals surface area contributed by atoms with Gasteiger partial charge in [-0.1, -0.05) is 0 Å². The molecule has 0 bridgehead atoms. The van der Waals surface area contributed by atoms with Gasteiger partial charge in [0.2, 0.25) is 0 Å². The summed E-state index contributed by atoms with van der Waals surface area (Å²) in [5, 5.41) is 14.8. The summed E-state index contributed by atoms with van der Waals surface area (Å²) in [4.78, 5) is 8.25. The maximum Gasteiger partial charge on any atom is 0.0689 e. The summed E-state index contributed by atoms with van der Waals surface area (Å²) in [6.45, 7) is 0. The topological polar surface area (TPSA) is 97.7 Å². The van der Waals surface area contributed by atoms with Gasteiger partial charge in [0.25, 0.3) is 0 Å². The summed E-state index contributed by atoms with van der Waals surface area (Å²) in [7, 11) is 0. The van der Waals surface area contributed by atoms with Gasteiger partial charge in [0, 0.05) is 16.8 Å². The van der Waals surface area contributed by atoms with E-state index in [9.17, 15) is 0 Å². The second kappa shape index (κ2) is 8.82. The van der Waals surface area contributed by atoms with Crippen molar-refractivity contribution >= 4 is 0 Å². The smallest absolute Gasteiger partial charge is 0.0689 e. The van der Waals surface area contributed by atoms with E-state index in [1.165, 1.54) is 0 Å². The molecule has 0 aromatic carbocycles. The minimum absolute atomic E-state index is 0. The molecular weight excluding hydrogens is 137 g/mol. The normalized spacial score (nSPS) is 4.00. The van der Waals surface area contributed by atoms with Crippen LogP contribution in [0.5, 0.6) is 0 Å². The number of rotatable bonds is 0. The molecule has 41 valence electrons. The summed E-state index contributed by atoms with van der Waals surface area (Å²) < 4.78 is 0. The molecule has 0 heterocycles. The van der Waals surface area contributed by atoms with Crippen molar-refractivity contribution in [3.63, 3.8) is 0 Å². The average molecular weight is 139 g/mol. The standard InChI is InChI=1S/Co.NO3.H2O/c;2-1(3)4;/h;;1H2/q;-1;. The summed E-state index contributed by atoms with van der Waals surface area (Å²) in [5.74, 6) is 0. The zero-order valence-electron chi connectivity index (χ0n) is 2.51. The Hall–Kier alpha value is -0.334. The molecule has 0 aliphatic heterocycles. The first kappa shape index (κ1) is 17.4. The Bertz CT molecular complexity index is 30.5. The van der Waals surface area contributed by atoms with Crippen molar-refractivity contribution in [1.82, 2.24) is 0 Å². The number of hydrogen-bond acceptors (Lipinski definition) is 3. The van der Waals surface area contributed by atoms with E-state index in [1.807, 2.05) is 0 Å². The Kier molecular flexibility index (Phi) is 25.5. The summed E-state index contributed by atoms with van der Waals surface area (Å²) in [5.41, 5.74) is 0. The largest absolute Gasteiger partial charge is 0.412 e. The molecule has 5 nitrogen and oxygen atoms in total. The molecule has 0 saturated carbocycles. The Morgan fingerprint density at radius 3 is 1.33 bits per heavy atom. The molecule has 0 amide bonds. The number of nitrogens with zero attached hydrogens (tertiary/aromatic N) is 1. The SMILES string of the molecule is O.O=[N+]([O-])[O-].[Co]. The van der Waals surface area contributed by atoms with E-state index in [-0.39, 0.29) is 22.3 Å². The fourth-order valence-electron chi connectivity index (χ4n) is 0.